The van der Waals surface area contributed by atoms with Crippen molar-refractivity contribution in [2.24, 2.45) is 5.92 Å². The van der Waals surface area contributed by atoms with Crippen molar-refractivity contribution in [2.75, 3.05) is 11.9 Å². The Morgan fingerprint density at radius 3 is 2.50 bits per heavy atom. The summed E-state index contributed by atoms with van der Waals surface area (Å²) in [5.41, 5.74) is 3.57. The largest absolute Gasteiger partial charge is 0.322 e. The Labute approximate surface area is 182 Å². The third-order valence-electron chi connectivity index (χ3n) is 5.70. The highest BCUT2D eigenvalue weighted by Crippen LogP contribution is 2.41. The lowest BCUT2D eigenvalue weighted by molar-refractivity contribution is 0.102. The van der Waals surface area contributed by atoms with Gasteiger partial charge in [-0.25, -0.2) is 9.97 Å². The summed E-state index contributed by atoms with van der Waals surface area (Å²) >= 11 is 0. The molecule has 2 aromatic carbocycles. The number of benzene rings is 2. The van der Waals surface area contributed by atoms with Gasteiger partial charge in [-0.2, -0.15) is 0 Å². The van der Waals surface area contributed by atoms with E-state index in [2.05, 4.69) is 32.7 Å². The van der Waals surface area contributed by atoms with Crippen LogP contribution in [-0.4, -0.2) is 28.5 Å². The number of nitrogens with zero attached hydrogens (tertiary/aromatic N) is 2. The average Bonchev–Trinajstić information content (AvgIpc) is 3.69. The van der Waals surface area contributed by atoms with Crippen LogP contribution in [0.4, 0.5) is 5.69 Å². The minimum atomic E-state index is -0.133. The molecule has 5 nitrogen and oxygen atoms in total. The number of anilines is 1. The Bertz CT molecular complexity index is 1010. The van der Waals surface area contributed by atoms with E-state index in [1.165, 1.54) is 31.4 Å². The topological polar surface area (TPSA) is 66.9 Å². The minimum Gasteiger partial charge on any atom is -0.322 e. The minimum absolute atomic E-state index is 0. The monoisotopic (exact) mass is 420 g/mol. The Kier molecular flexibility index (Phi) is 6.11. The molecule has 0 bridgehead atoms. The first-order chi connectivity index (χ1) is 14.3. The van der Waals surface area contributed by atoms with Gasteiger partial charge in [0, 0.05) is 41.2 Å². The number of carbonyl (C=O) groups excluding carboxylic acids is 1. The van der Waals surface area contributed by atoms with Crippen LogP contribution < -0.4 is 10.6 Å². The molecule has 2 fully saturated rings. The van der Waals surface area contributed by atoms with E-state index in [9.17, 15) is 4.79 Å². The molecular formula is C24H25ClN4O. The molecule has 1 amide bonds. The van der Waals surface area contributed by atoms with Crippen molar-refractivity contribution in [1.29, 1.82) is 0 Å². The number of carbonyl (C=O) groups is 1. The Morgan fingerprint density at radius 1 is 1.00 bits per heavy atom. The quantitative estimate of drug-likeness (QED) is 0.582. The number of hydrogen-bond donors (Lipinski definition) is 2. The van der Waals surface area contributed by atoms with Crippen LogP contribution >= 0.6 is 12.4 Å². The normalized spacial score (nSPS) is 19.6. The van der Waals surface area contributed by atoms with Gasteiger partial charge in [0.2, 0.25) is 0 Å². The predicted molar refractivity (Wildman–Crippen MR) is 121 cm³/mol. The van der Waals surface area contributed by atoms with E-state index in [1.54, 1.807) is 24.5 Å². The van der Waals surface area contributed by atoms with E-state index in [0.717, 1.165) is 17.2 Å². The van der Waals surface area contributed by atoms with E-state index < -0.39 is 0 Å². The maximum Gasteiger partial charge on any atom is 0.255 e. The number of halogens is 1. The number of amides is 1. The summed E-state index contributed by atoms with van der Waals surface area (Å²) in [7, 11) is 0. The molecule has 2 atom stereocenters. The summed E-state index contributed by atoms with van der Waals surface area (Å²) in [5, 5.41) is 6.66. The fraction of sp³-hybridized carbons (Fsp3) is 0.292. The van der Waals surface area contributed by atoms with Crippen LogP contribution in [0.2, 0.25) is 0 Å². The molecule has 0 aliphatic heterocycles. The van der Waals surface area contributed by atoms with E-state index in [0.29, 0.717) is 23.3 Å². The molecule has 5 rings (SSSR count). The molecule has 0 saturated heterocycles. The zero-order chi connectivity index (χ0) is 19.6. The Morgan fingerprint density at radius 2 is 1.77 bits per heavy atom. The highest BCUT2D eigenvalue weighted by atomic mass is 35.5. The summed E-state index contributed by atoms with van der Waals surface area (Å²) in [6.45, 7) is 1.17. The highest BCUT2D eigenvalue weighted by molar-refractivity contribution is 6.04. The van der Waals surface area contributed by atoms with Gasteiger partial charge in [0.1, 0.15) is 0 Å². The molecule has 3 aromatic rings. The van der Waals surface area contributed by atoms with Crippen LogP contribution in [0, 0.1) is 5.92 Å². The third-order valence-corrected chi connectivity index (χ3v) is 5.70. The first-order valence-electron chi connectivity index (χ1n) is 10.3. The van der Waals surface area contributed by atoms with Gasteiger partial charge in [-0.3, -0.25) is 4.79 Å². The molecule has 2 aliphatic rings. The van der Waals surface area contributed by atoms with Gasteiger partial charge < -0.3 is 10.6 Å². The molecule has 1 aromatic heterocycles. The second kappa shape index (κ2) is 8.94. The average molecular weight is 421 g/mol. The van der Waals surface area contributed by atoms with E-state index in [4.69, 9.17) is 0 Å². The van der Waals surface area contributed by atoms with Crippen molar-refractivity contribution in [3.63, 3.8) is 0 Å². The molecule has 2 N–H and O–H groups in total. The van der Waals surface area contributed by atoms with Crippen LogP contribution in [-0.2, 0) is 0 Å². The second-order valence-corrected chi connectivity index (χ2v) is 8.03. The van der Waals surface area contributed by atoms with Gasteiger partial charge in [-0.05, 0) is 67.6 Å². The zero-order valence-corrected chi connectivity index (χ0v) is 17.4. The molecule has 1 heterocycles. The Hall–Kier alpha value is -2.76. The fourth-order valence-corrected chi connectivity index (χ4v) is 3.69. The highest BCUT2D eigenvalue weighted by Gasteiger charge is 2.38. The molecule has 0 spiro atoms. The molecule has 0 radical (unpaired) electrons. The van der Waals surface area contributed by atoms with Gasteiger partial charge >= 0.3 is 0 Å². The van der Waals surface area contributed by atoms with Crippen molar-refractivity contribution < 1.29 is 4.79 Å². The molecule has 2 saturated carbocycles. The number of nitrogens with one attached hydrogen (secondary N) is 2. The van der Waals surface area contributed by atoms with Gasteiger partial charge in [-0.15, -0.1) is 12.4 Å². The van der Waals surface area contributed by atoms with Crippen LogP contribution in [0.15, 0.2) is 67.0 Å². The maximum absolute atomic E-state index is 12.7. The van der Waals surface area contributed by atoms with Crippen molar-refractivity contribution in [1.82, 2.24) is 15.3 Å². The molecule has 30 heavy (non-hydrogen) atoms. The lowest BCUT2D eigenvalue weighted by atomic mass is 10.1. The molecular weight excluding hydrogens is 396 g/mol. The van der Waals surface area contributed by atoms with Crippen molar-refractivity contribution in [2.45, 2.75) is 31.2 Å². The first-order valence-corrected chi connectivity index (χ1v) is 10.3. The number of aromatic nitrogens is 2. The molecule has 6 heteroatoms. The summed E-state index contributed by atoms with van der Waals surface area (Å²) in [5.74, 6) is 2.01. The van der Waals surface area contributed by atoms with Crippen LogP contribution in [0.5, 0.6) is 0 Å². The second-order valence-electron chi connectivity index (χ2n) is 8.03. The first kappa shape index (κ1) is 20.5. The molecule has 154 valence electrons. The number of hydrogen-bond acceptors (Lipinski definition) is 4. The summed E-state index contributed by atoms with van der Waals surface area (Å²) in [4.78, 5) is 21.2. The molecule has 0 unspecified atom stereocenters. The Balaban J connectivity index is 0.00000218. The fourth-order valence-electron chi connectivity index (χ4n) is 3.69. The van der Waals surface area contributed by atoms with Gasteiger partial charge in [0.05, 0.1) is 0 Å². The predicted octanol–water partition coefficient (Wildman–Crippen LogP) is 4.67. The van der Waals surface area contributed by atoms with Gasteiger partial charge in [0.25, 0.3) is 5.91 Å². The standard InChI is InChI=1S/C24H24N4O.ClH/c29-24(19-4-1-3-18(13-19)23-25-11-2-12-26-23)28-20-9-7-17(8-10-20)21-14-22(21)27-15-16-5-6-16;/h1-4,7-13,16,21-22,27H,5-6,14-15H2,(H,28,29);1H/t21-,22+;/m0./s1. The summed E-state index contributed by atoms with van der Waals surface area (Å²) < 4.78 is 0. The SMILES string of the molecule is Cl.O=C(Nc1ccc([C@@H]2C[C@H]2NCC2CC2)cc1)c1cccc(-c2ncccn2)c1. The van der Waals surface area contributed by atoms with Crippen LogP contribution in [0.3, 0.4) is 0 Å². The zero-order valence-electron chi connectivity index (χ0n) is 16.6. The van der Waals surface area contributed by atoms with Crippen molar-refractivity contribution >= 4 is 24.0 Å². The van der Waals surface area contributed by atoms with E-state index in [-0.39, 0.29) is 18.3 Å². The summed E-state index contributed by atoms with van der Waals surface area (Å²) in [6.07, 6.45) is 7.39. The van der Waals surface area contributed by atoms with E-state index in [1.807, 2.05) is 30.3 Å². The van der Waals surface area contributed by atoms with Gasteiger partial charge in [-0.1, -0.05) is 24.3 Å². The third kappa shape index (κ3) is 4.86. The lowest BCUT2D eigenvalue weighted by Crippen LogP contribution is -2.20. The lowest BCUT2D eigenvalue weighted by Gasteiger charge is -2.08. The van der Waals surface area contributed by atoms with Crippen molar-refractivity contribution in [3.8, 4) is 11.4 Å². The van der Waals surface area contributed by atoms with Gasteiger partial charge in [0.15, 0.2) is 5.82 Å². The summed E-state index contributed by atoms with van der Waals surface area (Å²) in [6, 6.07) is 18.0. The van der Waals surface area contributed by atoms with Crippen LogP contribution in [0.25, 0.3) is 11.4 Å². The molecule has 2 aliphatic carbocycles. The number of rotatable bonds is 7. The van der Waals surface area contributed by atoms with Crippen LogP contribution in [0.1, 0.15) is 41.1 Å². The van der Waals surface area contributed by atoms with Crippen molar-refractivity contribution in [3.05, 3.63) is 78.1 Å². The van der Waals surface area contributed by atoms with E-state index >= 15 is 0 Å². The smallest absolute Gasteiger partial charge is 0.255 e. The maximum atomic E-state index is 12.7.